The van der Waals surface area contributed by atoms with Crippen molar-refractivity contribution < 1.29 is 13.2 Å². The molecule has 31 heavy (non-hydrogen) atoms. The molecular formula is C23H28N4O3S. The fourth-order valence-corrected chi connectivity index (χ4v) is 4.23. The lowest BCUT2D eigenvalue weighted by Gasteiger charge is -2.11. The van der Waals surface area contributed by atoms with Crippen LogP contribution in [-0.2, 0) is 23.0 Å². The average Bonchev–Trinajstić information content (AvgIpc) is 3.29. The number of rotatable bonds is 11. The van der Waals surface area contributed by atoms with E-state index in [0.29, 0.717) is 17.8 Å². The van der Waals surface area contributed by atoms with Crippen LogP contribution < -0.4 is 10.0 Å². The zero-order valence-electron chi connectivity index (χ0n) is 17.6. The Balaban J connectivity index is 1.59. The SMILES string of the molecule is CCCCc1ccc(NS(=O)(=O)c2cccc(C(=O)NCCCn3ccnc3)c2)cc1. The number of benzene rings is 2. The van der Waals surface area contributed by atoms with Crippen molar-refractivity contribution in [1.82, 2.24) is 14.9 Å². The van der Waals surface area contributed by atoms with E-state index in [1.165, 1.54) is 17.7 Å². The highest BCUT2D eigenvalue weighted by Crippen LogP contribution is 2.18. The summed E-state index contributed by atoms with van der Waals surface area (Å²) in [5.41, 5.74) is 1.98. The quantitative estimate of drug-likeness (QED) is 0.443. The number of imidazole rings is 1. The normalized spacial score (nSPS) is 11.3. The second kappa shape index (κ2) is 10.8. The zero-order chi connectivity index (χ0) is 22.1. The van der Waals surface area contributed by atoms with E-state index >= 15 is 0 Å². The van der Waals surface area contributed by atoms with Crippen LogP contribution >= 0.6 is 0 Å². The van der Waals surface area contributed by atoms with Gasteiger partial charge in [0.15, 0.2) is 0 Å². The summed E-state index contributed by atoms with van der Waals surface area (Å²) in [6.45, 7) is 3.37. The van der Waals surface area contributed by atoms with Crippen LogP contribution in [0.15, 0.2) is 72.1 Å². The number of sulfonamides is 1. The number of nitrogens with zero attached hydrogens (tertiary/aromatic N) is 2. The molecule has 164 valence electrons. The Labute approximate surface area is 183 Å². The zero-order valence-corrected chi connectivity index (χ0v) is 18.4. The summed E-state index contributed by atoms with van der Waals surface area (Å²) in [5.74, 6) is -0.303. The van der Waals surface area contributed by atoms with E-state index in [4.69, 9.17) is 0 Å². The van der Waals surface area contributed by atoms with Crippen LogP contribution in [0.3, 0.4) is 0 Å². The second-order valence-electron chi connectivity index (χ2n) is 7.34. The van der Waals surface area contributed by atoms with Gasteiger partial charge >= 0.3 is 0 Å². The highest BCUT2D eigenvalue weighted by molar-refractivity contribution is 7.92. The Morgan fingerprint density at radius 1 is 1.10 bits per heavy atom. The third kappa shape index (κ3) is 6.68. The molecule has 0 aliphatic rings. The number of unbranched alkanes of at least 4 members (excludes halogenated alkanes) is 1. The van der Waals surface area contributed by atoms with Crippen LogP contribution in [0, 0.1) is 0 Å². The van der Waals surface area contributed by atoms with Gasteiger partial charge in [-0.3, -0.25) is 9.52 Å². The first-order chi connectivity index (χ1) is 15.0. The smallest absolute Gasteiger partial charge is 0.261 e. The number of carbonyl (C=O) groups excluding carboxylic acids is 1. The molecule has 0 radical (unpaired) electrons. The fraction of sp³-hybridized carbons (Fsp3) is 0.304. The molecule has 0 saturated heterocycles. The first-order valence-electron chi connectivity index (χ1n) is 10.4. The molecule has 0 fully saturated rings. The van der Waals surface area contributed by atoms with Gasteiger partial charge in [-0.1, -0.05) is 31.5 Å². The number of hydrogen-bond donors (Lipinski definition) is 2. The van der Waals surface area contributed by atoms with Crippen molar-refractivity contribution >= 4 is 21.6 Å². The third-order valence-corrected chi connectivity index (χ3v) is 6.25. The van der Waals surface area contributed by atoms with E-state index in [0.717, 1.165) is 32.2 Å². The Morgan fingerprint density at radius 2 is 1.90 bits per heavy atom. The molecule has 1 amide bonds. The van der Waals surface area contributed by atoms with Crippen molar-refractivity contribution in [3.63, 3.8) is 0 Å². The number of hydrogen-bond acceptors (Lipinski definition) is 4. The maximum Gasteiger partial charge on any atom is 0.261 e. The number of nitrogens with one attached hydrogen (secondary N) is 2. The topological polar surface area (TPSA) is 93.1 Å². The second-order valence-corrected chi connectivity index (χ2v) is 9.03. The summed E-state index contributed by atoms with van der Waals surface area (Å²) >= 11 is 0. The van der Waals surface area contributed by atoms with E-state index < -0.39 is 10.0 Å². The molecule has 8 heteroatoms. The molecular weight excluding hydrogens is 412 g/mol. The molecule has 1 aromatic heterocycles. The van der Waals surface area contributed by atoms with E-state index in [1.54, 1.807) is 36.8 Å². The van der Waals surface area contributed by atoms with Gasteiger partial charge < -0.3 is 9.88 Å². The predicted octanol–water partition coefficient (Wildman–Crippen LogP) is 3.85. The summed E-state index contributed by atoms with van der Waals surface area (Å²) in [5, 5.41) is 2.82. The average molecular weight is 441 g/mol. The predicted molar refractivity (Wildman–Crippen MR) is 121 cm³/mol. The first-order valence-corrected chi connectivity index (χ1v) is 11.9. The standard InChI is InChI=1S/C23H28N4O3S/c1-2-3-6-19-9-11-21(12-10-19)26-31(29,30)22-8-4-7-20(17-22)23(28)25-13-5-15-27-16-14-24-18-27/h4,7-12,14,16-18,26H,2-3,5-6,13,15H2,1H3,(H,25,28). The fourth-order valence-electron chi connectivity index (χ4n) is 3.12. The van der Waals surface area contributed by atoms with E-state index in [2.05, 4.69) is 21.9 Å². The molecule has 0 atom stereocenters. The summed E-state index contributed by atoms with van der Waals surface area (Å²) in [6.07, 6.45) is 9.23. The number of amides is 1. The molecule has 0 bridgehead atoms. The van der Waals surface area contributed by atoms with Crippen molar-refractivity contribution in [2.24, 2.45) is 0 Å². The molecule has 7 nitrogen and oxygen atoms in total. The maximum absolute atomic E-state index is 12.8. The van der Waals surface area contributed by atoms with Crippen LogP contribution in [0.4, 0.5) is 5.69 Å². The molecule has 0 aliphatic carbocycles. The monoisotopic (exact) mass is 440 g/mol. The minimum absolute atomic E-state index is 0.0497. The minimum Gasteiger partial charge on any atom is -0.352 e. The lowest BCUT2D eigenvalue weighted by atomic mass is 10.1. The summed E-state index contributed by atoms with van der Waals surface area (Å²) in [6, 6.07) is 13.4. The minimum atomic E-state index is -3.79. The van der Waals surface area contributed by atoms with Crippen LogP contribution in [0.25, 0.3) is 0 Å². The van der Waals surface area contributed by atoms with Crippen molar-refractivity contribution in [2.75, 3.05) is 11.3 Å². The van der Waals surface area contributed by atoms with Crippen LogP contribution in [-0.4, -0.2) is 30.4 Å². The maximum atomic E-state index is 12.8. The first kappa shape index (κ1) is 22.6. The van der Waals surface area contributed by atoms with Gasteiger partial charge in [0.25, 0.3) is 15.9 Å². The highest BCUT2D eigenvalue weighted by atomic mass is 32.2. The van der Waals surface area contributed by atoms with Gasteiger partial charge in [0, 0.05) is 36.7 Å². The molecule has 3 rings (SSSR count). The Bertz CT molecular complexity index is 1080. The molecule has 0 aliphatic heterocycles. The largest absolute Gasteiger partial charge is 0.352 e. The lowest BCUT2D eigenvalue weighted by molar-refractivity contribution is 0.0952. The lowest BCUT2D eigenvalue weighted by Crippen LogP contribution is -2.25. The Hall–Kier alpha value is -3.13. The van der Waals surface area contributed by atoms with Crippen molar-refractivity contribution in [3.05, 3.63) is 78.4 Å². The van der Waals surface area contributed by atoms with E-state index in [-0.39, 0.29) is 10.8 Å². The van der Waals surface area contributed by atoms with Crippen LogP contribution in [0.1, 0.15) is 42.1 Å². The number of aryl methyl sites for hydroxylation is 2. The molecule has 2 N–H and O–H groups in total. The van der Waals surface area contributed by atoms with E-state index in [1.807, 2.05) is 22.9 Å². The van der Waals surface area contributed by atoms with Gasteiger partial charge in [-0.2, -0.15) is 0 Å². The van der Waals surface area contributed by atoms with Crippen molar-refractivity contribution in [2.45, 2.75) is 44.0 Å². The number of aromatic nitrogens is 2. The van der Waals surface area contributed by atoms with E-state index in [9.17, 15) is 13.2 Å². The number of carbonyl (C=O) groups is 1. The van der Waals surface area contributed by atoms with Crippen molar-refractivity contribution in [3.8, 4) is 0 Å². The highest BCUT2D eigenvalue weighted by Gasteiger charge is 2.16. The van der Waals surface area contributed by atoms with Gasteiger partial charge in [0.05, 0.1) is 11.2 Å². The molecule has 0 unspecified atom stereocenters. The molecule has 0 spiro atoms. The summed E-state index contributed by atoms with van der Waals surface area (Å²) in [4.78, 5) is 16.4. The molecule has 1 heterocycles. The van der Waals surface area contributed by atoms with Gasteiger partial charge in [-0.15, -0.1) is 0 Å². The van der Waals surface area contributed by atoms with Gasteiger partial charge in [0.1, 0.15) is 0 Å². The Morgan fingerprint density at radius 3 is 2.61 bits per heavy atom. The summed E-state index contributed by atoms with van der Waals surface area (Å²) in [7, 11) is -3.79. The molecule has 3 aromatic rings. The van der Waals surface area contributed by atoms with Gasteiger partial charge in [-0.25, -0.2) is 13.4 Å². The summed E-state index contributed by atoms with van der Waals surface area (Å²) < 4.78 is 30.1. The third-order valence-electron chi connectivity index (χ3n) is 4.87. The van der Waals surface area contributed by atoms with Crippen LogP contribution in [0.5, 0.6) is 0 Å². The van der Waals surface area contributed by atoms with Gasteiger partial charge in [-0.05, 0) is 55.2 Å². The Kier molecular flexibility index (Phi) is 7.83. The number of anilines is 1. The van der Waals surface area contributed by atoms with Gasteiger partial charge in [0.2, 0.25) is 0 Å². The van der Waals surface area contributed by atoms with Crippen LogP contribution in [0.2, 0.25) is 0 Å². The molecule has 2 aromatic carbocycles. The molecule has 0 saturated carbocycles. The van der Waals surface area contributed by atoms with Crippen molar-refractivity contribution in [1.29, 1.82) is 0 Å².